The van der Waals surface area contributed by atoms with Crippen LogP contribution in [-0.4, -0.2) is 52.9 Å². The zero-order chi connectivity index (χ0) is 28.7. The van der Waals surface area contributed by atoms with E-state index in [1.807, 2.05) is 30.0 Å². The molecule has 2 amide bonds. The summed E-state index contributed by atoms with van der Waals surface area (Å²) in [4.78, 5) is 35.2. The summed E-state index contributed by atoms with van der Waals surface area (Å²) < 4.78 is 41.2. The fourth-order valence-electron chi connectivity index (χ4n) is 4.99. The Hall–Kier alpha value is -4.61. The molecule has 40 heavy (non-hydrogen) atoms. The Labute approximate surface area is 229 Å². The molecule has 2 aromatic carbocycles. The van der Waals surface area contributed by atoms with Crippen LogP contribution in [0, 0.1) is 12.3 Å². The Bertz CT molecular complexity index is 1480. The number of halogens is 3. The summed E-state index contributed by atoms with van der Waals surface area (Å²) in [5, 5.41) is 8.29. The number of aromatic nitrogens is 2. The summed E-state index contributed by atoms with van der Waals surface area (Å²) in [6.45, 7) is 10.2. The highest BCUT2D eigenvalue weighted by Gasteiger charge is 2.52. The fraction of sp³-hybridized carbons (Fsp3) is 0.286. The molecule has 12 heteroatoms. The van der Waals surface area contributed by atoms with Crippen LogP contribution in [-0.2, 0) is 15.8 Å². The molecule has 0 bridgehead atoms. The van der Waals surface area contributed by atoms with E-state index in [2.05, 4.69) is 37.4 Å². The molecule has 2 aliphatic rings. The molecule has 3 aromatic rings. The number of aryl methyl sites for hydroxylation is 1. The van der Waals surface area contributed by atoms with Crippen molar-refractivity contribution >= 4 is 46.3 Å². The van der Waals surface area contributed by atoms with Gasteiger partial charge in [0.2, 0.25) is 17.8 Å². The first-order chi connectivity index (χ1) is 18.9. The van der Waals surface area contributed by atoms with E-state index in [1.165, 1.54) is 6.07 Å². The van der Waals surface area contributed by atoms with Crippen LogP contribution in [0.1, 0.15) is 18.1 Å². The Morgan fingerprint density at radius 3 is 2.42 bits per heavy atom. The quantitative estimate of drug-likeness (QED) is 0.352. The number of anilines is 6. The second-order valence-corrected chi connectivity index (χ2v) is 10.2. The van der Waals surface area contributed by atoms with E-state index < -0.39 is 23.5 Å². The van der Waals surface area contributed by atoms with Gasteiger partial charge in [-0.3, -0.25) is 9.59 Å². The third kappa shape index (κ3) is 5.56. The third-order valence-electron chi connectivity index (χ3n) is 7.04. The van der Waals surface area contributed by atoms with Gasteiger partial charge in [-0.2, -0.15) is 18.2 Å². The molecule has 0 aliphatic carbocycles. The van der Waals surface area contributed by atoms with Gasteiger partial charge in [0.1, 0.15) is 11.4 Å². The fourth-order valence-corrected chi connectivity index (χ4v) is 4.99. The molecule has 2 aliphatic heterocycles. The lowest BCUT2D eigenvalue weighted by atomic mass is 9.72. The van der Waals surface area contributed by atoms with Gasteiger partial charge in [-0.25, -0.2) is 4.98 Å². The molecule has 0 saturated carbocycles. The van der Waals surface area contributed by atoms with Gasteiger partial charge in [-0.1, -0.05) is 12.6 Å². The normalized spacial score (nSPS) is 15.6. The molecule has 0 atom stereocenters. The number of alkyl halides is 3. The van der Waals surface area contributed by atoms with E-state index in [9.17, 15) is 22.8 Å². The lowest BCUT2D eigenvalue weighted by Crippen LogP contribution is -2.72. The Balaban J connectivity index is 1.31. The van der Waals surface area contributed by atoms with Crippen LogP contribution < -0.4 is 20.9 Å². The van der Waals surface area contributed by atoms with Gasteiger partial charge < -0.3 is 25.8 Å². The van der Waals surface area contributed by atoms with Gasteiger partial charge >= 0.3 is 6.18 Å². The van der Waals surface area contributed by atoms with Crippen molar-refractivity contribution in [2.24, 2.45) is 5.41 Å². The molecule has 3 N–H and O–H groups in total. The monoisotopic (exact) mass is 551 g/mol. The van der Waals surface area contributed by atoms with E-state index in [0.29, 0.717) is 17.1 Å². The summed E-state index contributed by atoms with van der Waals surface area (Å²) >= 11 is 0. The van der Waals surface area contributed by atoms with E-state index in [0.717, 1.165) is 49.7 Å². The topological polar surface area (TPSA) is 102 Å². The molecule has 5 rings (SSSR count). The average Bonchev–Trinajstić information content (AvgIpc) is 2.83. The number of benzene rings is 2. The predicted octanol–water partition coefficient (Wildman–Crippen LogP) is 5.08. The second-order valence-electron chi connectivity index (χ2n) is 10.2. The third-order valence-corrected chi connectivity index (χ3v) is 7.04. The van der Waals surface area contributed by atoms with Crippen molar-refractivity contribution in [3.05, 3.63) is 72.4 Å². The minimum absolute atomic E-state index is 0.0100. The van der Waals surface area contributed by atoms with Gasteiger partial charge in [0.15, 0.2) is 0 Å². The summed E-state index contributed by atoms with van der Waals surface area (Å²) in [5.74, 6) is -0.786. The molecule has 1 aromatic heterocycles. The number of likely N-dealkylation sites (tertiary alicyclic amines) is 1. The maximum Gasteiger partial charge on any atom is 0.421 e. The Kier molecular flexibility index (Phi) is 6.86. The smallest absolute Gasteiger partial charge is 0.370 e. The molecule has 3 heterocycles. The van der Waals surface area contributed by atoms with Crippen molar-refractivity contribution in [3.63, 3.8) is 0 Å². The first-order valence-corrected chi connectivity index (χ1v) is 12.6. The van der Waals surface area contributed by atoms with E-state index in [4.69, 9.17) is 0 Å². The highest BCUT2D eigenvalue weighted by molar-refractivity contribution is 5.99. The minimum Gasteiger partial charge on any atom is -0.370 e. The van der Waals surface area contributed by atoms with Crippen LogP contribution >= 0.6 is 0 Å². The summed E-state index contributed by atoms with van der Waals surface area (Å²) in [6, 6.07) is 12.0. The summed E-state index contributed by atoms with van der Waals surface area (Å²) in [7, 11) is 0. The van der Waals surface area contributed by atoms with Crippen molar-refractivity contribution in [2.45, 2.75) is 20.0 Å². The number of hydrogen-bond acceptors (Lipinski definition) is 7. The SMILES string of the molecule is C=CC(=O)Nc1cccc(Nc2nc(Nc3ccc(N4CC5(CN(C(C)=O)C5)C4)cc3C)ncc2C(F)(F)F)c1. The maximum atomic E-state index is 13.7. The molecule has 2 saturated heterocycles. The highest BCUT2D eigenvalue weighted by atomic mass is 19.4. The number of hydrogen-bond donors (Lipinski definition) is 3. The zero-order valence-electron chi connectivity index (χ0n) is 22.0. The number of nitrogens with one attached hydrogen (secondary N) is 3. The van der Waals surface area contributed by atoms with Gasteiger partial charge in [-0.15, -0.1) is 0 Å². The van der Waals surface area contributed by atoms with E-state index in [1.54, 1.807) is 25.1 Å². The lowest BCUT2D eigenvalue weighted by Gasteiger charge is -2.60. The number of rotatable bonds is 7. The molecule has 0 radical (unpaired) electrons. The number of amides is 2. The molecule has 0 unspecified atom stereocenters. The van der Waals surface area contributed by atoms with Crippen LogP contribution in [0.15, 0.2) is 61.3 Å². The van der Waals surface area contributed by atoms with Gasteiger partial charge in [0, 0.05) is 67.5 Å². The number of carbonyl (C=O) groups is 2. The molecule has 208 valence electrons. The molecule has 1 spiro atoms. The van der Waals surface area contributed by atoms with Crippen LogP contribution in [0.5, 0.6) is 0 Å². The molecular formula is C28H28F3N7O2. The Morgan fingerprint density at radius 1 is 1.05 bits per heavy atom. The van der Waals surface area contributed by atoms with Crippen molar-refractivity contribution in [3.8, 4) is 0 Å². The minimum atomic E-state index is -4.69. The largest absolute Gasteiger partial charge is 0.421 e. The van der Waals surface area contributed by atoms with Crippen molar-refractivity contribution in [2.75, 3.05) is 47.0 Å². The van der Waals surface area contributed by atoms with Crippen LogP contribution in [0.25, 0.3) is 0 Å². The summed E-state index contributed by atoms with van der Waals surface area (Å²) in [5.41, 5.74) is 2.39. The zero-order valence-corrected chi connectivity index (χ0v) is 22.0. The lowest BCUT2D eigenvalue weighted by molar-refractivity contribution is -0.142. The van der Waals surface area contributed by atoms with Crippen molar-refractivity contribution in [1.82, 2.24) is 14.9 Å². The first kappa shape index (κ1) is 27.0. The van der Waals surface area contributed by atoms with Crippen molar-refractivity contribution < 1.29 is 22.8 Å². The number of carbonyl (C=O) groups excluding carboxylic acids is 2. The average molecular weight is 552 g/mol. The van der Waals surface area contributed by atoms with E-state index >= 15 is 0 Å². The Morgan fingerprint density at radius 2 is 1.77 bits per heavy atom. The van der Waals surface area contributed by atoms with Crippen LogP contribution in [0.2, 0.25) is 0 Å². The number of nitrogens with zero attached hydrogens (tertiary/aromatic N) is 4. The standard InChI is InChI=1S/C28H28F3N7O2/c1-4-24(40)33-19-6-5-7-20(11-19)34-25-22(28(29,30)31)12-32-26(36-25)35-23-9-8-21(10-17(23)2)38-15-27(16-38)13-37(14-27)18(3)39/h4-12H,1,13-16H2,2-3H3,(H,33,40)(H2,32,34,35,36). The van der Waals surface area contributed by atoms with Crippen LogP contribution in [0.4, 0.5) is 47.7 Å². The first-order valence-electron chi connectivity index (χ1n) is 12.6. The van der Waals surface area contributed by atoms with Gasteiger partial charge in [0.25, 0.3) is 0 Å². The van der Waals surface area contributed by atoms with E-state index in [-0.39, 0.29) is 17.3 Å². The molecule has 9 nitrogen and oxygen atoms in total. The van der Waals surface area contributed by atoms with Crippen LogP contribution in [0.3, 0.4) is 0 Å². The van der Waals surface area contributed by atoms with Crippen molar-refractivity contribution in [1.29, 1.82) is 0 Å². The predicted molar refractivity (Wildman–Crippen MR) is 147 cm³/mol. The highest BCUT2D eigenvalue weighted by Crippen LogP contribution is 2.42. The van der Waals surface area contributed by atoms with Gasteiger partial charge in [-0.05, 0) is 55.0 Å². The molecule has 2 fully saturated rings. The maximum absolute atomic E-state index is 13.7. The molecular weight excluding hydrogens is 523 g/mol. The van der Waals surface area contributed by atoms with Gasteiger partial charge in [0.05, 0.1) is 0 Å². The second kappa shape index (κ2) is 10.2. The summed E-state index contributed by atoms with van der Waals surface area (Å²) in [6.07, 6.45) is -2.87.